The van der Waals surface area contributed by atoms with Crippen molar-refractivity contribution in [3.05, 3.63) is 53.1 Å². The van der Waals surface area contributed by atoms with Crippen LogP contribution in [0.15, 0.2) is 36.4 Å². The first kappa shape index (κ1) is 19.1. The second-order valence-electron chi connectivity index (χ2n) is 7.70. The highest BCUT2D eigenvalue weighted by molar-refractivity contribution is 5.78. The lowest BCUT2D eigenvalue weighted by Crippen LogP contribution is -2.42. The van der Waals surface area contributed by atoms with E-state index in [-0.39, 0.29) is 24.2 Å². The van der Waals surface area contributed by atoms with Crippen molar-refractivity contribution in [1.29, 1.82) is 0 Å². The van der Waals surface area contributed by atoms with Gasteiger partial charge < -0.3 is 19.5 Å². The molecule has 0 spiro atoms. The first-order valence-corrected chi connectivity index (χ1v) is 9.13. The number of amides is 1. The van der Waals surface area contributed by atoms with E-state index in [1.165, 1.54) is 0 Å². The summed E-state index contributed by atoms with van der Waals surface area (Å²) in [4.78, 5) is 12.5. The molecule has 0 aliphatic carbocycles. The van der Waals surface area contributed by atoms with Crippen LogP contribution in [0.2, 0.25) is 0 Å². The smallest absolute Gasteiger partial charge is 0.258 e. The van der Waals surface area contributed by atoms with Crippen LogP contribution >= 0.6 is 0 Å². The Balaban J connectivity index is 1.71. The minimum absolute atomic E-state index is 0.0278. The van der Waals surface area contributed by atoms with Crippen molar-refractivity contribution in [3.63, 3.8) is 0 Å². The third-order valence-corrected chi connectivity index (χ3v) is 4.57. The van der Waals surface area contributed by atoms with Gasteiger partial charge in [-0.1, -0.05) is 6.07 Å². The molecule has 1 atom stereocenters. The van der Waals surface area contributed by atoms with Gasteiger partial charge >= 0.3 is 0 Å². The van der Waals surface area contributed by atoms with Crippen molar-refractivity contribution in [2.75, 3.05) is 13.7 Å². The average molecular weight is 369 g/mol. The van der Waals surface area contributed by atoms with Gasteiger partial charge in [-0.25, -0.2) is 0 Å². The Morgan fingerprint density at radius 1 is 1.15 bits per heavy atom. The topological polar surface area (TPSA) is 56.8 Å². The molecule has 1 aliphatic heterocycles. The molecule has 27 heavy (non-hydrogen) atoms. The molecule has 1 N–H and O–H groups in total. The molecule has 0 radical (unpaired) electrons. The van der Waals surface area contributed by atoms with Crippen LogP contribution in [-0.4, -0.2) is 25.2 Å². The SMILES string of the molecule is COc1ccc2c(c1)[C@@H](NC(=O)COc1cc(C)cc(C)c1)CC(C)(C)O2. The molecule has 2 aromatic rings. The van der Waals surface area contributed by atoms with Gasteiger partial charge in [-0.05, 0) is 69.2 Å². The molecule has 2 aromatic carbocycles. The predicted octanol–water partition coefficient (Wildman–Crippen LogP) is 4.11. The van der Waals surface area contributed by atoms with Crippen LogP contribution in [0.3, 0.4) is 0 Å². The van der Waals surface area contributed by atoms with E-state index in [0.29, 0.717) is 12.2 Å². The number of aryl methyl sites for hydroxylation is 2. The number of ether oxygens (including phenoxy) is 3. The first-order chi connectivity index (χ1) is 12.8. The number of carbonyl (C=O) groups is 1. The maximum absolute atomic E-state index is 12.5. The zero-order chi connectivity index (χ0) is 19.6. The number of rotatable bonds is 5. The summed E-state index contributed by atoms with van der Waals surface area (Å²) in [5.74, 6) is 2.05. The summed E-state index contributed by atoms with van der Waals surface area (Å²) in [7, 11) is 1.63. The normalized spacial score (nSPS) is 17.4. The molecule has 1 amide bonds. The zero-order valence-corrected chi connectivity index (χ0v) is 16.6. The summed E-state index contributed by atoms with van der Waals surface area (Å²) in [5.41, 5.74) is 2.78. The number of carbonyl (C=O) groups excluding carboxylic acids is 1. The quantitative estimate of drug-likeness (QED) is 0.862. The molecule has 0 saturated heterocycles. The standard InChI is InChI=1S/C22H27NO4/c1-14-8-15(2)10-17(9-14)26-13-21(24)23-19-12-22(3,4)27-20-7-6-16(25-5)11-18(19)20/h6-11,19H,12-13H2,1-5H3,(H,23,24)/t19-/m0/s1. The molecule has 3 rings (SSSR count). The molecule has 0 aromatic heterocycles. The summed E-state index contributed by atoms with van der Waals surface area (Å²) < 4.78 is 17.1. The fourth-order valence-electron chi connectivity index (χ4n) is 3.49. The van der Waals surface area contributed by atoms with Gasteiger partial charge in [-0.3, -0.25) is 4.79 Å². The number of hydrogen-bond donors (Lipinski definition) is 1. The predicted molar refractivity (Wildman–Crippen MR) is 105 cm³/mol. The lowest BCUT2D eigenvalue weighted by atomic mass is 9.89. The molecule has 0 fully saturated rings. The minimum atomic E-state index is -0.367. The van der Waals surface area contributed by atoms with E-state index < -0.39 is 0 Å². The Bertz CT molecular complexity index is 824. The van der Waals surface area contributed by atoms with Crippen LogP contribution in [0.4, 0.5) is 0 Å². The third kappa shape index (κ3) is 4.73. The third-order valence-electron chi connectivity index (χ3n) is 4.57. The lowest BCUT2D eigenvalue weighted by Gasteiger charge is -2.38. The van der Waals surface area contributed by atoms with Crippen molar-refractivity contribution in [2.45, 2.75) is 45.8 Å². The Morgan fingerprint density at radius 3 is 2.52 bits per heavy atom. The van der Waals surface area contributed by atoms with Gasteiger partial charge in [0, 0.05) is 12.0 Å². The van der Waals surface area contributed by atoms with Crippen molar-refractivity contribution in [2.24, 2.45) is 0 Å². The van der Waals surface area contributed by atoms with Crippen LogP contribution in [-0.2, 0) is 4.79 Å². The fourth-order valence-corrected chi connectivity index (χ4v) is 3.49. The van der Waals surface area contributed by atoms with E-state index in [1.807, 2.05) is 58.0 Å². The second-order valence-corrected chi connectivity index (χ2v) is 7.70. The van der Waals surface area contributed by atoms with Gasteiger partial charge in [0.2, 0.25) is 0 Å². The Morgan fingerprint density at radius 2 is 1.85 bits per heavy atom. The number of fused-ring (bicyclic) bond motifs is 1. The van der Waals surface area contributed by atoms with Gasteiger partial charge in [0.25, 0.3) is 5.91 Å². The highest BCUT2D eigenvalue weighted by Gasteiger charge is 2.34. The summed E-state index contributed by atoms with van der Waals surface area (Å²) in [6.45, 7) is 8.03. The summed E-state index contributed by atoms with van der Waals surface area (Å²) in [6.07, 6.45) is 0.669. The van der Waals surface area contributed by atoms with Gasteiger partial charge in [-0.2, -0.15) is 0 Å². The first-order valence-electron chi connectivity index (χ1n) is 9.13. The fraction of sp³-hybridized carbons (Fsp3) is 0.409. The molecule has 1 heterocycles. The van der Waals surface area contributed by atoms with Crippen molar-refractivity contribution in [3.8, 4) is 17.2 Å². The molecule has 5 nitrogen and oxygen atoms in total. The van der Waals surface area contributed by atoms with Gasteiger partial charge in [0.05, 0.1) is 13.2 Å². The highest BCUT2D eigenvalue weighted by Crippen LogP contribution is 2.41. The van der Waals surface area contributed by atoms with E-state index in [4.69, 9.17) is 14.2 Å². The number of benzene rings is 2. The molecule has 0 bridgehead atoms. The van der Waals surface area contributed by atoms with Crippen LogP contribution in [0.25, 0.3) is 0 Å². The maximum Gasteiger partial charge on any atom is 0.258 e. The van der Waals surface area contributed by atoms with Gasteiger partial charge in [0.1, 0.15) is 22.8 Å². The lowest BCUT2D eigenvalue weighted by molar-refractivity contribution is -0.124. The van der Waals surface area contributed by atoms with E-state index in [0.717, 1.165) is 28.2 Å². The summed E-state index contributed by atoms with van der Waals surface area (Å²) >= 11 is 0. The van der Waals surface area contributed by atoms with Crippen LogP contribution in [0, 0.1) is 13.8 Å². The van der Waals surface area contributed by atoms with Crippen molar-refractivity contribution < 1.29 is 19.0 Å². The molecule has 144 valence electrons. The maximum atomic E-state index is 12.5. The Kier molecular flexibility index (Phi) is 5.31. The molecular weight excluding hydrogens is 342 g/mol. The van der Waals surface area contributed by atoms with Crippen molar-refractivity contribution >= 4 is 5.91 Å². The Labute approximate surface area is 160 Å². The average Bonchev–Trinajstić information content (AvgIpc) is 2.58. The van der Waals surface area contributed by atoms with Crippen LogP contribution in [0.5, 0.6) is 17.2 Å². The molecule has 0 unspecified atom stereocenters. The van der Waals surface area contributed by atoms with Gasteiger partial charge in [-0.15, -0.1) is 0 Å². The molecule has 1 aliphatic rings. The van der Waals surface area contributed by atoms with E-state index in [1.54, 1.807) is 7.11 Å². The Hall–Kier alpha value is -2.69. The highest BCUT2D eigenvalue weighted by atomic mass is 16.5. The summed E-state index contributed by atoms with van der Waals surface area (Å²) in [5, 5.41) is 3.08. The minimum Gasteiger partial charge on any atom is -0.497 e. The zero-order valence-electron chi connectivity index (χ0n) is 16.6. The van der Waals surface area contributed by atoms with E-state index >= 15 is 0 Å². The second kappa shape index (κ2) is 7.51. The van der Waals surface area contributed by atoms with Gasteiger partial charge in [0.15, 0.2) is 6.61 Å². The van der Waals surface area contributed by atoms with Crippen molar-refractivity contribution in [1.82, 2.24) is 5.32 Å². The monoisotopic (exact) mass is 369 g/mol. The largest absolute Gasteiger partial charge is 0.497 e. The van der Waals surface area contributed by atoms with E-state index in [9.17, 15) is 4.79 Å². The van der Waals surface area contributed by atoms with E-state index in [2.05, 4.69) is 11.4 Å². The summed E-state index contributed by atoms with van der Waals surface area (Å²) in [6, 6.07) is 11.4. The number of methoxy groups -OCH3 is 1. The van der Waals surface area contributed by atoms with Crippen LogP contribution < -0.4 is 19.5 Å². The van der Waals surface area contributed by atoms with Crippen LogP contribution in [0.1, 0.15) is 43.0 Å². The number of hydrogen-bond acceptors (Lipinski definition) is 4. The molecule has 0 saturated carbocycles. The molecular formula is C22H27NO4. The molecule has 5 heteroatoms. The number of nitrogens with one attached hydrogen (secondary N) is 1.